The number of rotatable bonds is 1. The Morgan fingerprint density at radius 3 is 2.90 bits per heavy atom. The fourth-order valence-corrected chi connectivity index (χ4v) is 2.71. The standard InChI is InChI=1S/C14H7BrF2N2O2/c15-7-4-9-10(6-19-13(9)18-5-7)8-2-1-3-11-12(8)21-14(16,17)20-11/h1-6H,(H,18,19). The molecule has 3 heterocycles. The van der Waals surface area contributed by atoms with Crippen LogP contribution in [0.2, 0.25) is 0 Å². The molecule has 21 heavy (non-hydrogen) atoms. The molecule has 3 aromatic rings. The number of hydrogen-bond acceptors (Lipinski definition) is 3. The largest absolute Gasteiger partial charge is 0.586 e. The van der Waals surface area contributed by atoms with Crippen LogP contribution in [0.4, 0.5) is 8.78 Å². The van der Waals surface area contributed by atoms with Crippen LogP contribution >= 0.6 is 15.9 Å². The van der Waals surface area contributed by atoms with E-state index < -0.39 is 6.29 Å². The lowest BCUT2D eigenvalue weighted by molar-refractivity contribution is -0.286. The molecule has 0 atom stereocenters. The summed E-state index contributed by atoms with van der Waals surface area (Å²) in [6.45, 7) is 0. The van der Waals surface area contributed by atoms with E-state index in [1.165, 1.54) is 6.07 Å². The van der Waals surface area contributed by atoms with Crippen molar-refractivity contribution >= 4 is 27.0 Å². The highest BCUT2D eigenvalue weighted by Crippen LogP contribution is 2.48. The zero-order chi connectivity index (χ0) is 14.6. The lowest BCUT2D eigenvalue weighted by Gasteiger charge is -2.06. The van der Waals surface area contributed by atoms with Crippen molar-refractivity contribution in [3.05, 3.63) is 41.1 Å². The minimum absolute atomic E-state index is 0.0230. The van der Waals surface area contributed by atoms with Crippen LogP contribution in [0.3, 0.4) is 0 Å². The molecule has 0 amide bonds. The van der Waals surface area contributed by atoms with Crippen LogP contribution in [0, 0.1) is 0 Å². The van der Waals surface area contributed by atoms with Gasteiger partial charge in [0.05, 0.1) is 0 Å². The average Bonchev–Trinajstić information content (AvgIpc) is 2.96. The summed E-state index contributed by atoms with van der Waals surface area (Å²) in [5, 5.41) is 0.802. The molecule has 1 aliphatic rings. The maximum absolute atomic E-state index is 13.3. The van der Waals surface area contributed by atoms with Crippen molar-refractivity contribution in [1.29, 1.82) is 0 Å². The molecule has 0 spiro atoms. The number of alkyl halides is 2. The molecule has 4 rings (SSSR count). The Bertz CT molecular complexity index is 863. The smallest absolute Gasteiger partial charge is 0.395 e. The number of aromatic amines is 1. The van der Waals surface area contributed by atoms with Gasteiger partial charge in [-0.2, -0.15) is 0 Å². The van der Waals surface area contributed by atoms with Crippen LogP contribution in [0.5, 0.6) is 11.5 Å². The molecule has 0 saturated heterocycles. The molecule has 2 aromatic heterocycles. The zero-order valence-corrected chi connectivity index (χ0v) is 11.9. The third-order valence-corrected chi connectivity index (χ3v) is 3.65. The van der Waals surface area contributed by atoms with Crippen molar-refractivity contribution in [3.63, 3.8) is 0 Å². The molecule has 0 bridgehead atoms. The lowest BCUT2D eigenvalue weighted by Crippen LogP contribution is -2.26. The van der Waals surface area contributed by atoms with Crippen molar-refractivity contribution in [3.8, 4) is 22.6 Å². The van der Waals surface area contributed by atoms with E-state index in [0.29, 0.717) is 11.2 Å². The third-order valence-electron chi connectivity index (χ3n) is 3.22. The summed E-state index contributed by atoms with van der Waals surface area (Å²) in [7, 11) is 0. The molecule has 0 saturated carbocycles. The number of fused-ring (bicyclic) bond motifs is 2. The summed E-state index contributed by atoms with van der Waals surface area (Å²) in [6, 6.07) is 6.65. The van der Waals surface area contributed by atoms with E-state index in [-0.39, 0.29) is 11.5 Å². The minimum atomic E-state index is -3.64. The molecule has 0 fully saturated rings. The van der Waals surface area contributed by atoms with Crippen molar-refractivity contribution < 1.29 is 18.3 Å². The number of H-pyrrole nitrogens is 1. The molecular weight excluding hydrogens is 346 g/mol. The Balaban J connectivity index is 1.95. The molecule has 0 aliphatic carbocycles. The van der Waals surface area contributed by atoms with E-state index in [4.69, 9.17) is 0 Å². The van der Waals surface area contributed by atoms with Gasteiger partial charge in [0.2, 0.25) is 0 Å². The number of pyridine rings is 1. The quantitative estimate of drug-likeness (QED) is 0.709. The first-order chi connectivity index (χ1) is 10.0. The predicted octanol–water partition coefficient (Wildman–Crippen LogP) is 4.31. The molecular formula is C14H7BrF2N2O2. The van der Waals surface area contributed by atoms with Gasteiger partial charge in [0.25, 0.3) is 0 Å². The summed E-state index contributed by atoms with van der Waals surface area (Å²) in [5.41, 5.74) is 1.91. The van der Waals surface area contributed by atoms with Gasteiger partial charge in [0.15, 0.2) is 11.5 Å². The lowest BCUT2D eigenvalue weighted by atomic mass is 10.0. The number of halogens is 3. The molecule has 7 heteroatoms. The Hall–Kier alpha value is -2.15. The number of ether oxygens (including phenoxy) is 2. The van der Waals surface area contributed by atoms with Crippen LogP contribution in [-0.4, -0.2) is 16.3 Å². The molecule has 1 aliphatic heterocycles. The summed E-state index contributed by atoms with van der Waals surface area (Å²) in [5.74, 6) is 0.0539. The first kappa shape index (κ1) is 12.6. The van der Waals surface area contributed by atoms with Crippen molar-refractivity contribution in [1.82, 2.24) is 9.97 Å². The van der Waals surface area contributed by atoms with Gasteiger partial charge in [-0.1, -0.05) is 12.1 Å². The zero-order valence-electron chi connectivity index (χ0n) is 10.4. The Morgan fingerprint density at radius 2 is 2.05 bits per heavy atom. The van der Waals surface area contributed by atoms with Gasteiger partial charge in [0.1, 0.15) is 5.65 Å². The number of aromatic nitrogens is 2. The first-order valence-corrected chi connectivity index (χ1v) is 6.85. The van der Waals surface area contributed by atoms with Crippen LogP contribution < -0.4 is 9.47 Å². The molecule has 106 valence electrons. The van der Waals surface area contributed by atoms with E-state index in [1.54, 1.807) is 24.5 Å². The maximum Gasteiger partial charge on any atom is 0.586 e. The first-order valence-electron chi connectivity index (χ1n) is 6.05. The van der Waals surface area contributed by atoms with Gasteiger partial charge in [-0.05, 0) is 28.1 Å². The van der Waals surface area contributed by atoms with E-state index in [2.05, 4.69) is 35.4 Å². The van der Waals surface area contributed by atoms with Gasteiger partial charge >= 0.3 is 6.29 Å². The summed E-state index contributed by atoms with van der Waals surface area (Å²) in [4.78, 5) is 7.24. The van der Waals surface area contributed by atoms with Crippen molar-refractivity contribution in [2.45, 2.75) is 6.29 Å². The van der Waals surface area contributed by atoms with Crippen molar-refractivity contribution in [2.75, 3.05) is 0 Å². The number of benzene rings is 1. The molecule has 1 aromatic carbocycles. The number of para-hydroxylation sites is 1. The number of hydrogen-bond donors (Lipinski definition) is 1. The highest BCUT2D eigenvalue weighted by atomic mass is 79.9. The average molecular weight is 353 g/mol. The second-order valence-corrected chi connectivity index (χ2v) is 5.47. The Labute approximate surface area is 125 Å². The van der Waals surface area contributed by atoms with E-state index in [1.807, 2.05) is 6.07 Å². The molecule has 4 nitrogen and oxygen atoms in total. The van der Waals surface area contributed by atoms with Crippen LogP contribution in [0.15, 0.2) is 41.1 Å². The normalized spacial score (nSPS) is 15.6. The second kappa shape index (κ2) is 4.17. The summed E-state index contributed by atoms with van der Waals surface area (Å²) >= 11 is 3.35. The van der Waals surface area contributed by atoms with Gasteiger partial charge in [-0.3, -0.25) is 0 Å². The van der Waals surface area contributed by atoms with Gasteiger partial charge in [-0.25, -0.2) is 4.98 Å². The highest BCUT2D eigenvalue weighted by molar-refractivity contribution is 9.10. The summed E-state index contributed by atoms with van der Waals surface area (Å²) < 4.78 is 36.4. The summed E-state index contributed by atoms with van der Waals surface area (Å²) in [6.07, 6.45) is -0.269. The minimum Gasteiger partial charge on any atom is -0.395 e. The predicted molar refractivity (Wildman–Crippen MR) is 75.4 cm³/mol. The number of nitrogens with zero attached hydrogens (tertiary/aromatic N) is 1. The van der Waals surface area contributed by atoms with Crippen molar-refractivity contribution in [2.24, 2.45) is 0 Å². The fourth-order valence-electron chi connectivity index (χ4n) is 2.38. The monoisotopic (exact) mass is 352 g/mol. The molecule has 0 unspecified atom stereocenters. The van der Waals surface area contributed by atoms with Crippen LogP contribution in [-0.2, 0) is 0 Å². The van der Waals surface area contributed by atoms with Crippen LogP contribution in [0.25, 0.3) is 22.2 Å². The Kier molecular flexibility index (Phi) is 2.50. The van der Waals surface area contributed by atoms with Gasteiger partial charge < -0.3 is 14.5 Å². The van der Waals surface area contributed by atoms with Crippen LogP contribution in [0.1, 0.15) is 0 Å². The maximum atomic E-state index is 13.3. The third kappa shape index (κ3) is 1.96. The molecule has 1 N–H and O–H groups in total. The van der Waals surface area contributed by atoms with Gasteiger partial charge in [0, 0.05) is 33.4 Å². The fraction of sp³-hybridized carbons (Fsp3) is 0.0714. The van der Waals surface area contributed by atoms with E-state index in [9.17, 15) is 8.78 Å². The van der Waals surface area contributed by atoms with E-state index >= 15 is 0 Å². The SMILES string of the molecule is FC1(F)Oc2cccc(-c3c[nH]c4ncc(Br)cc34)c2O1. The number of nitrogens with one attached hydrogen (secondary N) is 1. The Morgan fingerprint density at radius 1 is 1.19 bits per heavy atom. The molecule has 0 radical (unpaired) electrons. The van der Waals surface area contributed by atoms with Gasteiger partial charge in [-0.15, -0.1) is 8.78 Å². The second-order valence-electron chi connectivity index (χ2n) is 4.55. The van der Waals surface area contributed by atoms with E-state index in [0.717, 1.165) is 15.4 Å². The topological polar surface area (TPSA) is 47.1 Å². The highest BCUT2D eigenvalue weighted by Gasteiger charge is 2.44.